The smallest absolute Gasteiger partial charge is 0.350 e. The van der Waals surface area contributed by atoms with Crippen LogP contribution in [0.4, 0.5) is 15.8 Å². The van der Waals surface area contributed by atoms with E-state index < -0.39 is 22.7 Å². The summed E-state index contributed by atoms with van der Waals surface area (Å²) in [6, 6.07) is 3.28. The molecular weight excluding hydrogens is 375 g/mol. The predicted molar refractivity (Wildman–Crippen MR) is 82.9 cm³/mol. The molecule has 1 N–H and O–H groups in total. The molecule has 10 heteroatoms. The third kappa shape index (κ3) is 3.65. The summed E-state index contributed by atoms with van der Waals surface area (Å²) in [5, 5.41) is 17.1. The Morgan fingerprint density at radius 3 is 2.78 bits per heavy atom. The summed E-state index contributed by atoms with van der Waals surface area (Å²) >= 11 is 3.12. The van der Waals surface area contributed by atoms with Gasteiger partial charge in [-0.2, -0.15) is 0 Å². The number of nitro groups is 1. The Morgan fingerprint density at radius 2 is 2.26 bits per heavy atom. The Hall–Kier alpha value is -2.49. The topological polar surface area (TPSA) is 99.3 Å². The van der Waals surface area contributed by atoms with E-state index in [9.17, 15) is 19.3 Å². The number of hydrogen-bond acceptors (Lipinski definition) is 5. The van der Waals surface area contributed by atoms with Gasteiger partial charge in [-0.05, 0) is 25.1 Å². The second-order valence-electron chi connectivity index (χ2n) is 4.55. The van der Waals surface area contributed by atoms with E-state index in [1.54, 1.807) is 6.07 Å². The lowest BCUT2D eigenvalue weighted by Crippen LogP contribution is -2.24. The minimum atomic E-state index is -0.902. The largest absolute Gasteiger partial charge is 0.475 e. The first-order chi connectivity index (χ1) is 10.8. The fraction of sp³-hybridized carbons (Fsp3) is 0.231. The normalized spacial score (nSPS) is 11.8. The molecule has 0 aliphatic carbocycles. The first-order valence-corrected chi connectivity index (χ1v) is 7.16. The minimum Gasteiger partial charge on any atom is -0.475 e. The van der Waals surface area contributed by atoms with Gasteiger partial charge in [0.2, 0.25) is 5.91 Å². The van der Waals surface area contributed by atoms with E-state index in [1.807, 2.05) is 0 Å². The molecule has 0 bridgehead atoms. The predicted octanol–water partition coefficient (Wildman–Crippen LogP) is 2.90. The van der Waals surface area contributed by atoms with E-state index in [4.69, 9.17) is 4.74 Å². The molecule has 2 rings (SSSR count). The van der Waals surface area contributed by atoms with Gasteiger partial charge < -0.3 is 10.1 Å². The van der Waals surface area contributed by atoms with Crippen LogP contribution in [-0.4, -0.2) is 27.7 Å². The van der Waals surface area contributed by atoms with Crippen molar-refractivity contribution in [3.8, 4) is 5.88 Å². The maximum Gasteiger partial charge on any atom is 0.350 e. The van der Waals surface area contributed by atoms with E-state index in [-0.39, 0.29) is 17.3 Å². The zero-order valence-corrected chi connectivity index (χ0v) is 13.7. The van der Waals surface area contributed by atoms with Gasteiger partial charge in [0.25, 0.3) is 0 Å². The van der Waals surface area contributed by atoms with Crippen LogP contribution in [0.5, 0.6) is 5.88 Å². The summed E-state index contributed by atoms with van der Waals surface area (Å²) in [6.07, 6.45) is 1.08. The highest BCUT2D eigenvalue weighted by Gasteiger charge is 2.25. The Morgan fingerprint density at radius 1 is 1.57 bits per heavy atom. The number of amides is 1. The Labute approximate surface area is 138 Å². The molecule has 0 saturated carbocycles. The summed E-state index contributed by atoms with van der Waals surface area (Å²) in [7, 11) is 1.24. The molecule has 0 fully saturated rings. The minimum absolute atomic E-state index is 0.00123. The number of rotatable bonds is 5. The lowest BCUT2D eigenvalue weighted by Gasteiger charge is -2.12. The van der Waals surface area contributed by atoms with Crippen molar-refractivity contribution in [1.29, 1.82) is 0 Å². The molecule has 0 saturated heterocycles. The van der Waals surface area contributed by atoms with Gasteiger partial charge in [-0.1, -0.05) is 15.9 Å². The van der Waals surface area contributed by atoms with Crippen LogP contribution in [0, 0.1) is 15.9 Å². The van der Waals surface area contributed by atoms with E-state index in [1.165, 1.54) is 26.2 Å². The first kappa shape index (κ1) is 16.9. The molecule has 0 spiro atoms. The fourth-order valence-corrected chi connectivity index (χ4v) is 2.12. The van der Waals surface area contributed by atoms with Crippen LogP contribution in [0.1, 0.15) is 13.0 Å². The molecule has 1 amide bonds. The quantitative estimate of drug-likeness (QED) is 0.628. The summed E-state index contributed by atoms with van der Waals surface area (Å²) < 4.78 is 20.1. The van der Waals surface area contributed by atoms with Crippen LogP contribution in [0.2, 0.25) is 0 Å². The number of aromatic nitrogens is 2. The summed E-state index contributed by atoms with van der Waals surface area (Å²) in [4.78, 5) is 22.4. The van der Waals surface area contributed by atoms with E-state index in [0.717, 1.165) is 10.9 Å². The van der Waals surface area contributed by atoms with Crippen LogP contribution in [0.3, 0.4) is 0 Å². The highest BCUT2D eigenvalue weighted by molar-refractivity contribution is 9.10. The average Bonchev–Trinajstić information content (AvgIpc) is 2.93. The van der Waals surface area contributed by atoms with Crippen LogP contribution < -0.4 is 10.1 Å². The Kier molecular flexibility index (Phi) is 4.94. The monoisotopic (exact) mass is 386 g/mol. The maximum atomic E-state index is 13.7. The van der Waals surface area contributed by atoms with Gasteiger partial charge in [-0.15, -0.1) is 5.10 Å². The van der Waals surface area contributed by atoms with Crippen LogP contribution >= 0.6 is 15.9 Å². The zero-order valence-electron chi connectivity index (χ0n) is 12.1. The lowest BCUT2D eigenvalue weighted by atomic mass is 10.2. The van der Waals surface area contributed by atoms with Crippen molar-refractivity contribution >= 4 is 33.2 Å². The second kappa shape index (κ2) is 6.73. The molecule has 0 radical (unpaired) electrons. The number of benzene rings is 1. The standard InChI is InChI=1S/C13H12BrFN4O4/c1-7(18-6-11(19(21)22)13(17-18)23-2)12(20)16-10-4-3-8(14)5-9(10)15/h3-7H,1-2H3,(H,16,20). The molecular formula is C13H12BrFN4O4. The number of anilines is 1. The lowest BCUT2D eigenvalue weighted by molar-refractivity contribution is -0.385. The van der Waals surface area contributed by atoms with Crippen molar-refractivity contribution in [1.82, 2.24) is 9.78 Å². The molecule has 2 aromatic rings. The van der Waals surface area contributed by atoms with Gasteiger partial charge in [0.05, 0.1) is 17.7 Å². The molecule has 1 aromatic heterocycles. The second-order valence-corrected chi connectivity index (χ2v) is 5.47. The van der Waals surface area contributed by atoms with Crippen molar-refractivity contribution in [3.63, 3.8) is 0 Å². The van der Waals surface area contributed by atoms with Gasteiger partial charge >= 0.3 is 11.6 Å². The van der Waals surface area contributed by atoms with Crippen LogP contribution in [0.25, 0.3) is 0 Å². The SMILES string of the molecule is COc1nn(C(C)C(=O)Nc2ccc(Br)cc2F)cc1[N+](=O)[O-]. The van der Waals surface area contributed by atoms with E-state index in [0.29, 0.717) is 4.47 Å². The van der Waals surface area contributed by atoms with Crippen molar-refractivity contribution in [2.24, 2.45) is 0 Å². The van der Waals surface area contributed by atoms with Crippen molar-refractivity contribution in [2.75, 3.05) is 12.4 Å². The molecule has 1 aromatic carbocycles. The maximum absolute atomic E-state index is 13.7. The molecule has 0 aliphatic rings. The molecule has 1 unspecified atom stereocenters. The van der Waals surface area contributed by atoms with Gasteiger partial charge in [0.15, 0.2) is 0 Å². The number of ether oxygens (including phenoxy) is 1. The third-order valence-electron chi connectivity index (χ3n) is 3.04. The van der Waals surface area contributed by atoms with Gasteiger partial charge in [0.1, 0.15) is 18.1 Å². The fourth-order valence-electron chi connectivity index (χ4n) is 1.78. The molecule has 23 heavy (non-hydrogen) atoms. The Balaban J connectivity index is 2.21. The number of hydrogen-bond donors (Lipinski definition) is 1. The number of carbonyl (C=O) groups is 1. The number of nitrogens with zero attached hydrogens (tertiary/aromatic N) is 3. The average molecular weight is 387 g/mol. The van der Waals surface area contributed by atoms with E-state index in [2.05, 4.69) is 26.3 Å². The summed E-state index contributed by atoms with van der Waals surface area (Å²) in [5.41, 5.74) is -0.361. The van der Waals surface area contributed by atoms with Crippen molar-refractivity contribution < 1.29 is 18.8 Å². The zero-order chi connectivity index (χ0) is 17.1. The van der Waals surface area contributed by atoms with Gasteiger partial charge in [0, 0.05) is 4.47 Å². The summed E-state index contributed by atoms with van der Waals surface area (Å²) in [6.45, 7) is 1.47. The molecule has 8 nitrogen and oxygen atoms in total. The molecule has 1 atom stereocenters. The Bertz CT molecular complexity index is 764. The number of carbonyl (C=O) groups excluding carboxylic acids is 1. The molecule has 1 heterocycles. The van der Waals surface area contributed by atoms with Gasteiger partial charge in [-0.3, -0.25) is 14.9 Å². The van der Waals surface area contributed by atoms with Crippen LogP contribution in [-0.2, 0) is 4.79 Å². The number of methoxy groups -OCH3 is 1. The summed E-state index contributed by atoms with van der Waals surface area (Å²) in [5.74, 6) is -1.39. The first-order valence-electron chi connectivity index (χ1n) is 6.37. The van der Waals surface area contributed by atoms with Crippen molar-refractivity contribution in [3.05, 3.63) is 44.8 Å². The molecule has 0 aliphatic heterocycles. The number of nitrogens with one attached hydrogen (secondary N) is 1. The number of halogens is 2. The molecule has 122 valence electrons. The van der Waals surface area contributed by atoms with E-state index >= 15 is 0 Å². The van der Waals surface area contributed by atoms with Crippen LogP contribution in [0.15, 0.2) is 28.9 Å². The van der Waals surface area contributed by atoms with Crippen molar-refractivity contribution in [2.45, 2.75) is 13.0 Å². The highest BCUT2D eigenvalue weighted by atomic mass is 79.9. The van der Waals surface area contributed by atoms with Gasteiger partial charge in [-0.25, -0.2) is 9.07 Å². The highest BCUT2D eigenvalue weighted by Crippen LogP contribution is 2.26. The third-order valence-corrected chi connectivity index (χ3v) is 3.53.